The standard InChI is InChI=1S/C22H19FN4O4/c1-28-15-6-3-13(4-7-15)19-10-27-12-24-20(17(27)11-30-19)22-25-21(26-31-22)14-5-8-18(29-2)16(23)9-14/h3-9,12,19H,10-11H2,1-2H3. The Bertz CT molecular complexity index is 1220. The fourth-order valence-corrected chi connectivity index (χ4v) is 3.57. The summed E-state index contributed by atoms with van der Waals surface area (Å²) in [6.45, 7) is 0.959. The van der Waals surface area contributed by atoms with Gasteiger partial charge in [0, 0.05) is 5.56 Å². The first-order valence-corrected chi connectivity index (χ1v) is 9.64. The third-order valence-corrected chi connectivity index (χ3v) is 5.26. The van der Waals surface area contributed by atoms with Gasteiger partial charge in [-0.2, -0.15) is 4.98 Å². The molecule has 8 nitrogen and oxygen atoms in total. The third-order valence-electron chi connectivity index (χ3n) is 5.26. The van der Waals surface area contributed by atoms with E-state index in [9.17, 15) is 4.39 Å². The van der Waals surface area contributed by atoms with E-state index >= 15 is 0 Å². The highest BCUT2D eigenvalue weighted by atomic mass is 19.1. The average molecular weight is 422 g/mol. The molecule has 0 amide bonds. The van der Waals surface area contributed by atoms with Crippen LogP contribution in [0.1, 0.15) is 17.4 Å². The van der Waals surface area contributed by atoms with Gasteiger partial charge in [-0.3, -0.25) is 0 Å². The Balaban J connectivity index is 1.38. The van der Waals surface area contributed by atoms with Crippen molar-refractivity contribution in [3.05, 3.63) is 65.9 Å². The lowest BCUT2D eigenvalue weighted by Gasteiger charge is -2.25. The SMILES string of the molecule is COc1ccc(C2Cn3cnc(-c4nc(-c5ccc(OC)c(F)c5)no4)c3CO2)cc1. The molecule has 0 bridgehead atoms. The van der Waals surface area contributed by atoms with E-state index in [0.29, 0.717) is 24.4 Å². The summed E-state index contributed by atoms with van der Waals surface area (Å²) in [6, 6.07) is 12.3. The smallest absolute Gasteiger partial charge is 0.278 e. The van der Waals surface area contributed by atoms with Crippen LogP contribution in [0.5, 0.6) is 11.5 Å². The van der Waals surface area contributed by atoms with Crippen molar-refractivity contribution >= 4 is 0 Å². The third kappa shape index (κ3) is 3.53. The van der Waals surface area contributed by atoms with E-state index in [1.807, 2.05) is 28.8 Å². The minimum atomic E-state index is -0.497. The van der Waals surface area contributed by atoms with Gasteiger partial charge in [-0.1, -0.05) is 17.3 Å². The lowest BCUT2D eigenvalue weighted by molar-refractivity contribution is 0.00328. The van der Waals surface area contributed by atoms with E-state index in [-0.39, 0.29) is 23.6 Å². The number of halogens is 1. The quantitative estimate of drug-likeness (QED) is 0.480. The van der Waals surface area contributed by atoms with Crippen LogP contribution >= 0.6 is 0 Å². The number of fused-ring (bicyclic) bond motifs is 1. The van der Waals surface area contributed by atoms with Crippen LogP contribution in [0, 0.1) is 5.82 Å². The molecular formula is C22H19FN4O4. The highest BCUT2D eigenvalue weighted by Gasteiger charge is 2.26. The van der Waals surface area contributed by atoms with Crippen molar-refractivity contribution < 1.29 is 23.1 Å². The van der Waals surface area contributed by atoms with Crippen molar-refractivity contribution in [3.63, 3.8) is 0 Å². The Labute approximate surface area is 177 Å². The van der Waals surface area contributed by atoms with Gasteiger partial charge in [0.2, 0.25) is 5.82 Å². The van der Waals surface area contributed by atoms with Crippen LogP contribution in [-0.4, -0.2) is 33.9 Å². The molecule has 0 fully saturated rings. The minimum absolute atomic E-state index is 0.0963. The molecule has 31 heavy (non-hydrogen) atoms. The van der Waals surface area contributed by atoms with E-state index in [1.165, 1.54) is 19.2 Å². The van der Waals surface area contributed by atoms with E-state index in [2.05, 4.69) is 15.1 Å². The van der Waals surface area contributed by atoms with Crippen LogP contribution in [0.4, 0.5) is 4.39 Å². The zero-order chi connectivity index (χ0) is 21.4. The maximum atomic E-state index is 14.0. The summed E-state index contributed by atoms with van der Waals surface area (Å²) in [5, 5.41) is 3.97. The molecule has 0 spiro atoms. The molecule has 5 rings (SSSR count). The number of nitrogens with zero attached hydrogens (tertiary/aromatic N) is 4. The topological polar surface area (TPSA) is 84.4 Å². The van der Waals surface area contributed by atoms with Gasteiger partial charge in [-0.05, 0) is 35.9 Å². The maximum absolute atomic E-state index is 14.0. The Morgan fingerprint density at radius 3 is 2.68 bits per heavy atom. The van der Waals surface area contributed by atoms with Gasteiger partial charge >= 0.3 is 0 Å². The summed E-state index contributed by atoms with van der Waals surface area (Å²) in [5.41, 5.74) is 2.95. The average Bonchev–Trinajstić information content (AvgIpc) is 3.46. The summed E-state index contributed by atoms with van der Waals surface area (Å²) >= 11 is 0. The number of ether oxygens (including phenoxy) is 3. The molecule has 0 saturated heterocycles. The van der Waals surface area contributed by atoms with Gasteiger partial charge in [0.05, 0.1) is 39.4 Å². The fourth-order valence-electron chi connectivity index (χ4n) is 3.57. The van der Waals surface area contributed by atoms with Gasteiger partial charge in [0.1, 0.15) is 11.9 Å². The summed E-state index contributed by atoms with van der Waals surface area (Å²) in [6.07, 6.45) is 1.64. The van der Waals surface area contributed by atoms with E-state index in [1.54, 1.807) is 19.5 Å². The van der Waals surface area contributed by atoms with Gasteiger partial charge in [0.25, 0.3) is 5.89 Å². The number of benzene rings is 2. The van der Waals surface area contributed by atoms with Crippen molar-refractivity contribution in [1.82, 2.24) is 19.7 Å². The van der Waals surface area contributed by atoms with Crippen LogP contribution < -0.4 is 9.47 Å². The normalized spacial score (nSPS) is 15.5. The Hall–Kier alpha value is -3.72. The maximum Gasteiger partial charge on any atom is 0.278 e. The molecule has 0 aliphatic carbocycles. The Morgan fingerprint density at radius 2 is 1.94 bits per heavy atom. The Kier molecular flexibility index (Phi) is 4.87. The monoisotopic (exact) mass is 422 g/mol. The first-order chi connectivity index (χ1) is 15.2. The van der Waals surface area contributed by atoms with Crippen molar-refractivity contribution in [2.24, 2.45) is 0 Å². The van der Waals surface area contributed by atoms with E-state index in [4.69, 9.17) is 18.7 Å². The number of aromatic nitrogens is 4. The zero-order valence-corrected chi connectivity index (χ0v) is 16.9. The second-order valence-electron chi connectivity index (χ2n) is 7.04. The highest BCUT2D eigenvalue weighted by molar-refractivity contribution is 5.60. The molecule has 1 aliphatic heterocycles. The molecule has 4 aromatic rings. The summed E-state index contributed by atoms with van der Waals surface area (Å²) in [5.74, 6) is 0.981. The molecule has 1 unspecified atom stereocenters. The molecule has 1 aliphatic rings. The summed E-state index contributed by atoms with van der Waals surface area (Å²) < 4.78 is 37.6. The number of imidazole rings is 1. The van der Waals surface area contributed by atoms with Gasteiger partial charge < -0.3 is 23.3 Å². The van der Waals surface area contributed by atoms with Crippen LogP contribution in [0.2, 0.25) is 0 Å². The molecule has 2 aromatic carbocycles. The van der Waals surface area contributed by atoms with Crippen molar-refractivity contribution in [2.45, 2.75) is 19.3 Å². The molecule has 9 heteroatoms. The second kappa shape index (κ2) is 7.84. The zero-order valence-electron chi connectivity index (χ0n) is 16.9. The van der Waals surface area contributed by atoms with Crippen LogP contribution in [-0.2, 0) is 17.9 Å². The number of methoxy groups -OCH3 is 2. The first-order valence-electron chi connectivity index (χ1n) is 9.64. The highest BCUT2D eigenvalue weighted by Crippen LogP contribution is 2.32. The number of rotatable bonds is 5. The Morgan fingerprint density at radius 1 is 1.10 bits per heavy atom. The predicted molar refractivity (Wildman–Crippen MR) is 108 cm³/mol. The van der Waals surface area contributed by atoms with Crippen LogP contribution in [0.15, 0.2) is 53.3 Å². The van der Waals surface area contributed by atoms with Crippen LogP contribution in [0.25, 0.3) is 23.0 Å². The van der Waals surface area contributed by atoms with E-state index in [0.717, 1.165) is 17.0 Å². The molecule has 1 atom stereocenters. The number of hydrogen-bond donors (Lipinski definition) is 0. The molecule has 0 radical (unpaired) electrons. The van der Waals surface area contributed by atoms with Crippen molar-refractivity contribution in [3.8, 4) is 34.5 Å². The molecular weight excluding hydrogens is 403 g/mol. The molecule has 0 saturated carbocycles. The van der Waals surface area contributed by atoms with Gasteiger partial charge in [-0.25, -0.2) is 9.37 Å². The lowest BCUT2D eigenvalue weighted by atomic mass is 10.1. The molecule has 2 aromatic heterocycles. The van der Waals surface area contributed by atoms with E-state index < -0.39 is 5.82 Å². The van der Waals surface area contributed by atoms with Crippen molar-refractivity contribution in [2.75, 3.05) is 14.2 Å². The second-order valence-corrected chi connectivity index (χ2v) is 7.04. The first kappa shape index (κ1) is 19.3. The molecule has 3 heterocycles. The number of hydrogen-bond acceptors (Lipinski definition) is 7. The van der Waals surface area contributed by atoms with Gasteiger partial charge in [-0.15, -0.1) is 0 Å². The summed E-state index contributed by atoms with van der Waals surface area (Å²) in [7, 11) is 3.05. The lowest BCUT2D eigenvalue weighted by Crippen LogP contribution is -2.20. The minimum Gasteiger partial charge on any atom is -0.497 e. The largest absolute Gasteiger partial charge is 0.497 e. The molecule has 158 valence electrons. The predicted octanol–water partition coefficient (Wildman–Crippen LogP) is 4.03. The fraction of sp³-hybridized carbons (Fsp3) is 0.227. The van der Waals surface area contributed by atoms with Gasteiger partial charge in [0.15, 0.2) is 17.3 Å². The van der Waals surface area contributed by atoms with Crippen LogP contribution in [0.3, 0.4) is 0 Å². The summed E-state index contributed by atoms with van der Waals surface area (Å²) in [4.78, 5) is 8.84. The molecule has 0 N–H and O–H groups in total. The van der Waals surface area contributed by atoms with Crippen molar-refractivity contribution in [1.29, 1.82) is 0 Å².